The van der Waals surface area contributed by atoms with E-state index in [0.717, 1.165) is 6.07 Å². The van der Waals surface area contributed by atoms with Gasteiger partial charge in [0.25, 0.3) is 0 Å². The highest BCUT2D eigenvalue weighted by Gasteiger charge is 2.15. The number of hydrogen-bond donors (Lipinski definition) is 2. The van der Waals surface area contributed by atoms with E-state index in [1.54, 1.807) is 42.5 Å². The topological polar surface area (TPSA) is 96.9 Å². The second kappa shape index (κ2) is 10.8. The molecule has 0 aliphatic carbocycles. The van der Waals surface area contributed by atoms with Crippen LogP contribution in [0.2, 0.25) is 0 Å². The molecular formula is C22H14Br2FN3O4. The van der Waals surface area contributed by atoms with Gasteiger partial charge in [0, 0.05) is 8.95 Å². The molecule has 0 aromatic heterocycles. The number of halogens is 3. The molecule has 0 atom stereocenters. The summed E-state index contributed by atoms with van der Waals surface area (Å²) in [4.78, 5) is 36.1. The molecule has 0 fully saturated rings. The van der Waals surface area contributed by atoms with Crippen LogP contribution in [0.5, 0.6) is 5.75 Å². The van der Waals surface area contributed by atoms with Gasteiger partial charge in [-0.15, -0.1) is 0 Å². The number of nitrogens with zero attached hydrogens (tertiary/aromatic N) is 1. The average molecular weight is 563 g/mol. The van der Waals surface area contributed by atoms with Gasteiger partial charge in [0.1, 0.15) is 11.6 Å². The zero-order chi connectivity index (χ0) is 23.1. The van der Waals surface area contributed by atoms with Crippen molar-refractivity contribution in [3.05, 3.63) is 92.6 Å². The number of carbonyl (C=O) groups excluding carboxylic acids is 3. The summed E-state index contributed by atoms with van der Waals surface area (Å²) in [5.74, 6) is -3.14. The van der Waals surface area contributed by atoms with Gasteiger partial charge in [-0.3, -0.25) is 9.59 Å². The number of carbonyl (C=O) groups is 3. The number of anilines is 1. The van der Waals surface area contributed by atoms with E-state index in [0.29, 0.717) is 20.1 Å². The van der Waals surface area contributed by atoms with Gasteiger partial charge in [-0.25, -0.2) is 14.6 Å². The summed E-state index contributed by atoms with van der Waals surface area (Å²) in [5.41, 5.74) is 2.78. The molecule has 0 saturated heterocycles. The lowest BCUT2D eigenvalue weighted by atomic mass is 10.2. The Morgan fingerprint density at radius 3 is 2.47 bits per heavy atom. The van der Waals surface area contributed by atoms with Crippen molar-refractivity contribution >= 4 is 61.5 Å². The largest absolute Gasteiger partial charge is 0.423 e. The quantitative estimate of drug-likeness (QED) is 0.155. The summed E-state index contributed by atoms with van der Waals surface area (Å²) in [6, 6.07) is 17.2. The first kappa shape index (κ1) is 23.3. The Labute approximate surface area is 198 Å². The lowest BCUT2D eigenvalue weighted by molar-refractivity contribution is -0.136. The number of amides is 2. The molecule has 0 bridgehead atoms. The van der Waals surface area contributed by atoms with E-state index in [-0.39, 0.29) is 11.4 Å². The number of nitrogens with one attached hydrogen (secondary N) is 2. The van der Waals surface area contributed by atoms with Crippen molar-refractivity contribution in [2.75, 3.05) is 5.32 Å². The van der Waals surface area contributed by atoms with Crippen LogP contribution in [0.4, 0.5) is 10.1 Å². The zero-order valence-electron chi connectivity index (χ0n) is 16.1. The molecule has 0 saturated carbocycles. The number of benzene rings is 3. The van der Waals surface area contributed by atoms with Gasteiger partial charge in [-0.1, -0.05) is 40.2 Å². The van der Waals surface area contributed by atoms with Crippen molar-refractivity contribution in [2.45, 2.75) is 0 Å². The van der Waals surface area contributed by atoms with Crippen LogP contribution < -0.4 is 15.5 Å². The van der Waals surface area contributed by atoms with Crippen molar-refractivity contribution in [1.82, 2.24) is 5.43 Å². The molecule has 0 aliphatic rings. The summed E-state index contributed by atoms with van der Waals surface area (Å²) in [5, 5.41) is 5.85. The van der Waals surface area contributed by atoms with Crippen LogP contribution in [0.1, 0.15) is 15.9 Å². The lowest BCUT2D eigenvalue weighted by Crippen LogP contribution is -2.32. The molecule has 0 heterocycles. The van der Waals surface area contributed by atoms with Crippen LogP contribution in [0, 0.1) is 5.82 Å². The first-order valence-corrected chi connectivity index (χ1v) is 10.6. The first-order valence-electron chi connectivity index (χ1n) is 8.99. The molecule has 2 N–H and O–H groups in total. The molecule has 3 aromatic rings. The van der Waals surface area contributed by atoms with Gasteiger partial charge in [0.05, 0.1) is 17.5 Å². The van der Waals surface area contributed by atoms with Gasteiger partial charge >= 0.3 is 17.8 Å². The SMILES string of the molecule is O=C(N/N=C/c1cccc(OC(=O)c2ccccc2Br)c1)C(=O)Nc1ccc(Br)cc1F. The lowest BCUT2D eigenvalue weighted by Gasteiger charge is -2.06. The summed E-state index contributed by atoms with van der Waals surface area (Å²) in [7, 11) is 0. The molecule has 7 nitrogen and oxygen atoms in total. The van der Waals surface area contributed by atoms with Crippen LogP contribution in [-0.4, -0.2) is 24.0 Å². The summed E-state index contributed by atoms with van der Waals surface area (Å²) < 4.78 is 20.2. The van der Waals surface area contributed by atoms with E-state index in [1.165, 1.54) is 24.4 Å². The minimum atomic E-state index is -1.08. The number of hydrazone groups is 1. The normalized spacial score (nSPS) is 10.6. The van der Waals surface area contributed by atoms with Crippen molar-refractivity contribution < 1.29 is 23.5 Å². The Hall–Kier alpha value is -3.37. The van der Waals surface area contributed by atoms with Gasteiger partial charge < -0.3 is 10.1 Å². The minimum Gasteiger partial charge on any atom is -0.423 e. The molecule has 3 rings (SSSR count). The van der Waals surface area contributed by atoms with Crippen molar-refractivity contribution in [3.63, 3.8) is 0 Å². The number of hydrogen-bond acceptors (Lipinski definition) is 5. The Kier molecular flexibility index (Phi) is 7.85. The maximum atomic E-state index is 13.8. The maximum absolute atomic E-state index is 13.8. The van der Waals surface area contributed by atoms with E-state index in [4.69, 9.17) is 4.74 Å². The fraction of sp³-hybridized carbons (Fsp3) is 0. The van der Waals surface area contributed by atoms with E-state index >= 15 is 0 Å². The second-order valence-corrected chi connectivity index (χ2v) is 7.99. The standard InChI is InChI=1S/C22H14Br2FN3O4/c23-14-8-9-19(18(25)11-14)27-20(29)21(30)28-26-12-13-4-3-5-15(10-13)32-22(31)16-6-1-2-7-17(16)24/h1-12H,(H,27,29)(H,28,30)/b26-12+. The fourth-order valence-corrected chi connectivity index (χ4v) is 3.21. The highest BCUT2D eigenvalue weighted by atomic mass is 79.9. The molecule has 32 heavy (non-hydrogen) atoms. The predicted molar refractivity (Wildman–Crippen MR) is 124 cm³/mol. The molecule has 0 spiro atoms. The van der Waals surface area contributed by atoms with Crippen LogP contribution in [0.25, 0.3) is 0 Å². The smallest absolute Gasteiger partial charge is 0.344 e. The maximum Gasteiger partial charge on any atom is 0.344 e. The number of ether oxygens (including phenoxy) is 1. The van der Waals surface area contributed by atoms with Gasteiger partial charge in [-0.05, 0) is 64.0 Å². The van der Waals surface area contributed by atoms with Crippen molar-refractivity contribution in [2.24, 2.45) is 5.10 Å². The van der Waals surface area contributed by atoms with Crippen LogP contribution in [0.3, 0.4) is 0 Å². The molecule has 3 aromatic carbocycles. The van der Waals surface area contributed by atoms with E-state index in [9.17, 15) is 18.8 Å². The average Bonchev–Trinajstić information content (AvgIpc) is 2.76. The summed E-state index contributed by atoms with van der Waals surface area (Å²) in [6.07, 6.45) is 1.27. The number of esters is 1. The van der Waals surface area contributed by atoms with Crippen LogP contribution >= 0.6 is 31.9 Å². The molecule has 0 unspecified atom stereocenters. The van der Waals surface area contributed by atoms with Gasteiger partial charge in [-0.2, -0.15) is 5.10 Å². The van der Waals surface area contributed by atoms with E-state index < -0.39 is 23.6 Å². The Balaban J connectivity index is 1.58. The monoisotopic (exact) mass is 561 g/mol. The van der Waals surface area contributed by atoms with Crippen LogP contribution in [0.15, 0.2) is 80.8 Å². The molecule has 162 valence electrons. The molecule has 0 aliphatic heterocycles. The highest BCUT2D eigenvalue weighted by molar-refractivity contribution is 9.10. The third-order valence-electron chi connectivity index (χ3n) is 3.93. The Morgan fingerprint density at radius 1 is 0.938 bits per heavy atom. The van der Waals surface area contributed by atoms with Crippen LogP contribution in [-0.2, 0) is 9.59 Å². The highest BCUT2D eigenvalue weighted by Crippen LogP contribution is 2.20. The summed E-state index contributed by atoms with van der Waals surface area (Å²) >= 11 is 6.39. The Morgan fingerprint density at radius 2 is 1.72 bits per heavy atom. The van der Waals surface area contributed by atoms with E-state index in [2.05, 4.69) is 42.3 Å². The predicted octanol–water partition coefficient (Wildman–Crippen LogP) is 4.66. The van der Waals surface area contributed by atoms with Gasteiger partial charge in [0.2, 0.25) is 0 Å². The second-order valence-electron chi connectivity index (χ2n) is 6.22. The van der Waals surface area contributed by atoms with Crippen molar-refractivity contribution in [3.8, 4) is 5.75 Å². The van der Waals surface area contributed by atoms with E-state index in [1.807, 2.05) is 5.43 Å². The number of rotatable bonds is 5. The molecule has 10 heteroatoms. The molecular weight excluding hydrogens is 549 g/mol. The third kappa shape index (κ3) is 6.32. The zero-order valence-corrected chi connectivity index (χ0v) is 19.3. The van der Waals surface area contributed by atoms with Gasteiger partial charge in [0.15, 0.2) is 0 Å². The fourth-order valence-electron chi connectivity index (χ4n) is 2.43. The Bertz CT molecular complexity index is 1220. The third-order valence-corrected chi connectivity index (χ3v) is 5.11. The molecule has 0 radical (unpaired) electrons. The summed E-state index contributed by atoms with van der Waals surface area (Å²) in [6.45, 7) is 0. The first-order chi connectivity index (χ1) is 15.3. The molecule has 2 amide bonds. The minimum absolute atomic E-state index is 0.142. The van der Waals surface area contributed by atoms with Crippen molar-refractivity contribution in [1.29, 1.82) is 0 Å².